The van der Waals surface area contributed by atoms with E-state index in [0.29, 0.717) is 39.6 Å². The first kappa shape index (κ1) is 40.5. The normalized spacial score (nSPS) is 28.0. The first-order valence-corrected chi connectivity index (χ1v) is 20.1. The fourth-order valence-corrected chi connectivity index (χ4v) is 7.71. The summed E-state index contributed by atoms with van der Waals surface area (Å²) in [5.74, 6) is 0. The third-order valence-electron chi connectivity index (χ3n) is 10.7. The van der Waals surface area contributed by atoms with Crippen molar-refractivity contribution in [3.8, 4) is 0 Å². The molecular formula is C48H52O10. The van der Waals surface area contributed by atoms with Crippen LogP contribution in [0.4, 0.5) is 0 Å². The molecule has 3 aliphatic rings. The SMILES string of the molecule is CO[C@H]1O[C@H](CO[C@@H]2O[C@@H]3CO[C@H]([C@H]2OCc2ccccc2)[C@@H]3OCc2ccccc2)[C@@H](OCc2ccccc2)[C@H](OCc2ccccc2)[C@H]1OCc1ccccc1. The summed E-state index contributed by atoms with van der Waals surface area (Å²) in [7, 11) is 1.61. The summed E-state index contributed by atoms with van der Waals surface area (Å²) in [6.07, 6.45) is -5.79. The third-order valence-corrected chi connectivity index (χ3v) is 10.7. The maximum absolute atomic E-state index is 6.80. The molecule has 3 fully saturated rings. The molecule has 10 nitrogen and oxygen atoms in total. The van der Waals surface area contributed by atoms with Gasteiger partial charge in [-0.1, -0.05) is 152 Å². The van der Waals surface area contributed by atoms with E-state index < -0.39 is 49.2 Å². The Kier molecular flexibility index (Phi) is 14.4. The molecule has 304 valence electrons. The van der Waals surface area contributed by atoms with Gasteiger partial charge in [-0.15, -0.1) is 0 Å². The predicted molar refractivity (Wildman–Crippen MR) is 215 cm³/mol. The molecular weight excluding hydrogens is 737 g/mol. The fourth-order valence-electron chi connectivity index (χ4n) is 7.71. The third kappa shape index (κ3) is 10.5. The van der Waals surface area contributed by atoms with Crippen LogP contribution < -0.4 is 0 Å². The van der Waals surface area contributed by atoms with Gasteiger partial charge in [0.25, 0.3) is 0 Å². The van der Waals surface area contributed by atoms with Crippen LogP contribution >= 0.6 is 0 Å². The lowest BCUT2D eigenvalue weighted by molar-refractivity contribution is -0.337. The van der Waals surface area contributed by atoms with Gasteiger partial charge in [0.15, 0.2) is 12.6 Å². The summed E-state index contributed by atoms with van der Waals surface area (Å²) in [5.41, 5.74) is 5.15. The summed E-state index contributed by atoms with van der Waals surface area (Å²) in [6, 6.07) is 50.3. The number of benzene rings is 5. The van der Waals surface area contributed by atoms with Crippen LogP contribution in [0.1, 0.15) is 27.8 Å². The fraction of sp³-hybridized carbons (Fsp3) is 0.375. The number of hydrogen-bond acceptors (Lipinski definition) is 10. The van der Waals surface area contributed by atoms with Crippen LogP contribution in [0, 0.1) is 0 Å². The zero-order valence-electron chi connectivity index (χ0n) is 32.7. The Morgan fingerprint density at radius 1 is 0.414 bits per heavy atom. The Bertz CT molecular complexity index is 1900. The van der Waals surface area contributed by atoms with Crippen LogP contribution in [0.3, 0.4) is 0 Å². The Morgan fingerprint density at radius 2 is 0.810 bits per heavy atom. The number of rotatable bonds is 19. The lowest BCUT2D eigenvalue weighted by Gasteiger charge is -2.46. The number of fused-ring (bicyclic) bond motifs is 2. The highest BCUT2D eigenvalue weighted by atomic mass is 16.8. The van der Waals surface area contributed by atoms with Gasteiger partial charge in [-0.25, -0.2) is 0 Å². The van der Waals surface area contributed by atoms with Gasteiger partial charge in [0.2, 0.25) is 0 Å². The molecule has 10 heteroatoms. The molecule has 0 aromatic heterocycles. The van der Waals surface area contributed by atoms with Gasteiger partial charge in [0, 0.05) is 7.11 Å². The van der Waals surface area contributed by atoms with Crippen molar-refractivity contribution in [3.63, 3.8) is 0 Å². The average Bonchev–Trinajstić information content (AvgIpc) is 3.58. The molecule has 0 unspecified atom stereocenters. The maximum Gasteiger partial charge on any atom is 0.187 e. The molecule has 0 spiro atoms. The molecule has 10 atom stereocenters. The first-order chi connectivity index (χ1) is 28.7. The van der Waals surface area contributed by atoms with Crippen LogP contribution in [-0.4, -0.2) is 81.7 Å². The second-order valence-corrected chi connectivity index (χ2v) is 14.8. The van der Waals surface area contributed by atoms with Crippen molar-refractivity contribution < 1.29 is 47.4 Å². The van der Waals surface area contributed by atoms with Gasteiger partial charge >= 0.3 is 0 Å². The number of methoxy groups -OCH3 is 1. The van der Waals surface area contributed by atoms with E-state index in [-0.39, 0.29) is 18.8 Å². The molecule has 5 aromatic carbocycles. The van der Waals surface area contributed by atoms with E-state index in [1.165, 1.54) is 0 Å². The van der Waals surface area contributed by atoms with Crippen molar-refractivity contribution in [1.29, 1.82) is 0 Å². The zero-order valence-corrected chi connectivity index (χ0v) is 32.7. The highest BCUT2D eigenvalue weighted by Crippen LogP contribution is 2.37. The zero-order chi connectivity index (χ0) is 39.4. The Hall–Kier alpha value is -4.30. The van der Waals surface area contributed by atoms with E-state index >= 15 is 0 Å². The Labute approximate surface area is 340 Å². The summed E-state index contributed by atoms with van der Waals surface area (Å²) in [5, 5.41) is 0. The van der Waals surface area contributed by atoms with Crippen LogP contribution in [0.15, 0.2) is 152 Å². The Morgan fingerprint density at radius 3 is 1.26 bits per heavy atom. The van der Waals surface area contributed by atoms with E-state index in [0.717, 1.165) is 27.8 Å². The highest BCUT2D eigenvalue weighted by molar-refractivity contribution is 5.17. The van der Waals surface area contributed by atoms with Crippen molar-refractivity contribution in [3.05, 3.63) is 179 Å². The summed E-state index contributed by atoms with van der Waals surface area (Å²) in [6.45, 7) is 2.20. The van der Waals surface area contributed by atoms with Crippen LogP contribution in [0.25, 0.3) is 0 Å². The van der Waals surface area contributed by atoms with Crippen LogP contribution in [0.2, 0.25) is 0 Å². The van der Waals surface area contributed by atoms with E-state index in [1.54, 1.807) is 7.11 Å². The van der Waals surface area contributed by atoms with Gasteiger partial charge < -0.3 is 47.4 Å². The second-order valence-electron chi connectivity index (χ2n) is 14.8. The minimum absolute atomic E-state index is 0.0841. The molecule has 5 aromatic rings. The van der Waals surface area contributed by atoms with Gasteiger partial charge in [0.05, 0.1) is 46.2 Å². The molecule has 8 rings (SSSR count). The quantitative estimate of drug-likeness (QED) is 0.0842. The van der Waals surface area contributed by atoms with E-state index in [4.69, 9.17) is 47.4 Å². The lowest BCUT2D eigenvalue weighted by atomic mass is 9.97. The van der Waals surface area contributed by atoms with E-state index in [1.807, 2.05) is 152 Å². The number of ether oxygens (including phenoxy) is 10. The van der Waals surface area contributed by atoms with Crippen molar-refractivity contribution in [2.24, 2.45) is 0 Å². The van der Waals surface area contributed by atoms with Gasteiger partial charge in [-0.3, -0.25) is 0 Å². The van der Waals surface area contributed by atoms with Gasteiger partial charge in [-0.2, -0.15) is 0 Å². The Balaban J connectivity index is 1.04. The smallest absolute Gasteiger partial charge is 0.187 e. The molecule has 0 aliphatic carbocycles. The van der Waals surface area contributed by atoms with Crippen molar-refractivity contribution >= 4 is 0 Å². The molecule has 3 heterocycles. The monoisotopic (exact) mass is 788 g/mol. The summed E-state index contributed by atoms with van der Waals surface area (Å²) in [4.78, 5) is 0. The molecule has 0 N–H and O–H groups in total. The lowest BCUT2D eigenvalue weighted by Crippen LogP contribution is -2.62. The topological polar surface area (TPSA) is 92.3 Å². The average molecular weight is 789 g/mol. The van der Waals surface area contributed by atoms with Gasteiger partial charge in [-0.05, 0) is 27.8 Å². The molecule has 0 saturated carbocycles. The molecule has 0 radical (unpaired) electrons. The largest absolute Gasteiger partial charge is 0.370 e. The van der Waals surface area contributed by atoms with E-state index in [2.05, 4.69) is 0 Å². The highest BCUT2D eigenvalue weighted by Gasteiger charge is 2.54. The molecule has 0 amide bonds. The van der Waals surface area contributed by atoms with Crippen molar-refractivity contribution in [2.45, 2.75) is 94.4 Å². The molecule has 2 bridgehead atoms. The maximum atomic E-state index is 6.80. The molecule has 58 heavy (non-hydrogen) atoms. The predicted octanol–water partition coefficient (Wildman–Crippen LogP) is 7.43. The summed E-state index contributed by atoms with van der Waals surface area (Å²) >= 11 is 0. The standard InChI is InChI=1S/C48H52O10/c1-49-47-45(53-30-37-23-13-5-14-24-37)43(52-29-36-21-11-4-12-22-36)42(51-28-35-19-9-3-10-20-35)40(57-47)33-56-48-46(54-31-38-25-15-6-16-26-38)44-41(39(58-48)32-55-44)50-27-34-17-7-2-8-18-34/h2-26,39-48H,27-33H2,1H3/t39-,40-,41-,42-,43+,44+,45-,46-,47+,48-/m1/s1. The minimum Gasteiger partial charge on any atom is -0.370 e. The molecule has 3 saturated heterocycles. The minimum atomic E-state index is -0.789. The second kappa shape index (κ2) is 20.6. The van der Waals surface area contributed by atoms with Crippen molar-refractivity contribution in [1.82, 2.24) is 0 Å². The number of hydrogen-bond donors (Lipinski definition) is 0. The first-order valence-electron chi connectivity index (χ1n) is 20.1. The van der Waals surface area contributed by atoms with Gasteiger partial charge in [0.1, 0.15) is 48.8 Å². The summed E-state index contributed by atoms with van der Waals surface area (Å²) < 4.78 is 65.7. The van der Waals surface area contributed by atoms with Crippen LogP contribution in [-0.2, 0) is 80.4 Å². The van der Waals surface area contributed by atoms with Crippen molar-refractivity contribution in [2.75, 3.05) is 20.3 Å². The molecule has 3 aliphatic heterocycles. The van der Waals surface area contributed by atoms with Crippen LogP contribution in [0.5, 0.6) is 0 Å². The van der Waals surface area contributed by atoms with E-state index in [9.17, 15) is 0 Å².